The Labute approximate surface area is 188 Å². The molecule has 0 aliphatic rings. The number of hydrogen-bond donors (Lipinski definition) is 0. The summed E-state index contributed by atoms with van der Waals surface area (Å²) in [5.74, 6) is -0.375. The fourth-order valence-corrected chi connectivity index (χ4v) is 3.50. The predicted octanol–water partition coefficient (Wildman–Crippen LogP) is 5.30. The lowest BCUT2D eigenvalue weighted by Crippen LogP contribution is -2.17. The van der Waals surface area contributed by atoms with Gasteiger partial charge in [-0.15, -0.1) is 0 Å². The zero-order chi connectivity index (χ0) is 23.1. The molecular formula is C26H27NO5. The number of hydrogen-bond acceptors (Lipinski definition) is 6. The Kier molecular flexibility index (Phi) is 7.60. The average Bonchev–Trinajstić information content (AvgIpc) is 2.78. The Morgan fingerprint density at radius 1 is 0.781 bits per heavy atom. The lowest BCUT2D eigenvalue weighted by atomic mass is 9.92. The molecule has 0 amide bonds. The molecule has 1 heterocycles. The number of esters is 2. The Balaban J connectivity index is 2.04. The van der Waals surface area contributed by atoms with Gasteiger partial charge in [-0.25, -0.2) is 9.59 Å². The molecule has 0 aliphatic carbocycles. The van der Waals surface area contributed by atoms with Crippen LogP contribution in [-0.2, 0) is 16.1 Å². The van der Waals surface area contributed by atoms with Crippen LogP contribution in [0.25, 0.3) is 11.1 Å². The molecule has 6 nitrogen and oxygen atoms in total. The van der Waals surface area contributed by atoms with Crippen molar-refractivity contribution in [2.45, 2.75) is 34.3 Å². The van der Waals surface area contributed by atoms with Crippen LogP contribution in [0.2, 0.25) is 0 Å². The third-order valence-electron chi connectivity index (χ3n) is 4.91. The molecule has 32 heavy (non-hydrogen) atoms. The monoisotopic (exact) mass is 433 g/mol. The van der Waals surface area contributed by atoms with Gasteiger partial charge in [0.25, 0.3) is 0 Å². The molecule has 0 saturated carbocycles. The zero-order valence-corrected chi connectivity index (χ0v) is 18.8. The summed E-state index contributed by atoms with van der Waals surface area (Å²) in [7, 11) is 0. The highest BCUT2D eigenvalue weighted by atomic mass is 16.5. The maximum atomic E-state index is 12.8. The molecule has 0 spiro atoms. The first-order valence-electron chi connectivity index (χ1n) is 10.6. The van der Waals surface area contributed by atoms with Crippen molar-refractivity contribution in [3.8, 4) is 16.9 Å². The Morgan fingerprint density at radius 2 is 1.31 bits per heavy atom. The van der Waals surface area contributed by atoms with E-state index >= 15 is 0 Å². The maximum Gasteiger partial charge on any atom is 0.340 e. The van der Waals surface area contributed by atoms with Crippen LogP contribution >= 0.6 is 0 Å². The number of aromatic nitrogens is 1. The summed E-state index contributed by atoms with van der Waals surface area (Å²) in [6.45, 7) is 7.80. The van der Waals surface area contributed by atoms with Crippen molar-refractivity contribution in [3.05, 3.63) is 82.7 Å². The van der Waals surface area contributed by atoms with Gasteiger partial charge >= 0.3 is 11.9 Å². The van der Waals surface area contributed by atoms with E-state index in [0.29, 0.717) is 34.9 Å². The standard InChI is InChI=1S/C26H27NO5/c1-5-30-25(28)22-17(3)27-18(4)23(26(29)31-6-2)24(22)20-12-14-21(15-13-20)32-16-19-10-8-7-9-11-19/h7-15H,5-6,16H2,1-4H3. The van der Waals surface area contributed by atoms with Crippen molar-refractivity contribution in [1.82, 2.24) is 4.98 Å². The van der Waals surface area contributed by atoms with E-state index in [-0.39, 0.29) is 24.3 Å². The number of carbonyl (C=O) groups is 2. The van der Waals surface area contributed by atoms with E-state index in [0.717, 1.165) is 5.56 Å². The molecule has 3 rings (SSSR count). The zero-order valence-electron chi connectivity index (χ0n) is 18.8. The molecular weight excluding hydrogens is 406 g/mol. The second kappa shape index (κ2) is 10.6. The first kappa shape index (κ1) is 23.0. The Hall–Kier alpha value is -3.67. The molecule has 166 valence electrons. The summed E-state index contributed by atoms with van der Waals surface area (Å²) in [4.78, 5) is 30.0. The molecule has 0 unspecified atom stereocenters. The predicted molar refractivity (Wildman–Crippen MR) is 122 cm³/mol. The molecule has 0 atom stereocenters. The smallest absolute Gasteiger partial charge is 0.340 e. The van der Waals surface area contributed by atoms with Crippen LogP contribution in [-0.4, -0.2) is 30.1 Å². The van der Waals surface area contributed by atoms with Crippen LogP contribution in [0.4, 0.5) is 0 Å². The van der Waals surface area contributed by atoms with E-state index in [4.69, 9.17) is 14.2 Å². The van der Waals surface area contributed by atoms with E-state index in [1.807, 2.05) is 54.6 Å². The van der Waals surface area contributed by atoms with Gasteiger partial charge in [-0.3, -0.25) is 4.98 Å². The highest BCUT2D eigenvalue weighted by molar-refractivity contribution is 6.07. The lowest BCUT2D eigenvalue weighted by Gasteiger charge is -2.18. The minimum absolute atomic E-state index is 0.215. The maximum absolute atomic E-state index is 12.8. The van der Waals surface area contributed by atoms with Crippen molar-refractivity contribution in [1.29, 1.82) is 0 Å². The first-order chi connectivity index (χ1) is 15.5. The summed E-state index contributed by atoms with van der Waals surface area (Å²) in [5, 5.41) is 0. The number of ether oxygens (including phenoxy) is 3. The van der Waals surface area contributed by atoms with E-state index < -0.39 is 11.9 Å². The second-order valence-electron chi connectivity index (χ2n) is 7.15. The highest BCUT2D eigenvalue weighted by Gasteiger charge is 2.27. The van der Waals surface area contributed by atoms with E-state index in [2.05, 4.69) is 4.98 Å². The quantitative estimate of drug-likeness (QED) is 0.449. The molecule has 3 aromatic rings. The van der Waals surface area contributed by atoms with Crippen LogP contribution in [0.15, 0.2) is 54.6 Å². The summed E-state index contributed by atoms with van der Waals surface area (Å²) in [6, 6.07) is 17.1. The fourth-order valence-electron chi connectivity index (χ4n) is 3.50. The summed E-state index contributed by atoms with van der Waals surface area (Å²) in [5.41, 5.74) is 3.71. The number of benzene rings is 2. The molecule has 0 aliphatic heterocycles. The molecule has 0 fully saturated rings. The van der Waals surface area contributed by atoms with Crippen molar-refractivity contribution >= 4 is 11.9 Å². The average molecular weight is 434 g/mol. The second-order valence-corrected chi connectivity index (χ2v) is 7.15. The minimum Gasteiger partial charge on any atom is -0.489 e. The molecule has 0 saturated heterocycles. The number of pyridine rings is 1. The molecule has 0 radical (unpaired) electrons. The summed E-state index contributed by atoms with van der Waals surface area (Å²) >= 11 is 0. The third kappa shape index (κ3) is 5.14. The van der Waals surface area contributed by atoms with Crippen LogP contribution in [0, 0.1) is 13.8 Å². The lowest BCUT2D eigenvalue weighted by molar-refractivity contribution is 0.0525. The fraction of sp³-hybridized carbons (Fsp3) is 0.269. The van der Waals surface area contributed by atoms with Crippen molar-refractivity contribution in [2.24, 2.45) is 0 Å². The van der Waals surface area contributed by atoms with Crippen LogP contribution in [0.5, 0.6) is 5.75 Å². The number of nitrogens with zero attached hydrogens (tertiary/aromatic N) is 1. The van der Waals surface area contributed by atoms with Gasteiger partial charge in [-0.2, -0.15) is 0 Å². The Morgan fingerprint density at radius 3 is 1.81 bits per heavy atom. The van der Waals surface area contributed by atoms with Crippen LogP contribution in [0.3, 0.4) is 0 Å². The Bertz CT molecular complexity index is 1050. The molecule has 1 aromatic heterocycles. The topological polar surface area (TPSA) is 74.7 Å². The summed E-state index contributed by atoms with van der Waals surface area (Å²) < 4.78 is 16.4. The number of carbonyl (C=O) groups excluding carboxylic acids is 2. The van der Waals surface area contributed by atoms with E-state index in [9.17, 15) is 9.59 Å². The van der Waals surface area contributed by atoms with Crippen molar-refractivity contribution in [2.75, 3.05) is 13.2 Å². The minimum atomic E-state index is -0.526. The molecule has 6 heteroatoms. The van der Waals surface area contributed by atoms with Gasteiger partial charge in [0.2, 0.25) is 0 Å². The van der Waals surface area contributed by atoms with Crippen LogP contribution in [0.1, 0.15) is 51.5 Å². The van der Waals surface area contributed by atoms with Crippen LogP contribution < -0.4 is 4.74 Å². The van der Waals surface area contributed by atoms with Crippen molar-refractivity contribution < 1.29 is 23.8 Å². The van der Waals surface area contributed by atoms with Crippen molar-refractivity contribution in [3.63, 3.8) is 0 Å². The SMILES string of the molecule is CCOC(=O)c1c(C)nc(C)c(C(=O)OCC)c1-c1ccc(OCc2ccccc2)cc1. The van der Waals surface area contributed by atoms with Gasteiger partial charge in [0, 0.05) is 5.56 Å². The number of rotatable bonds is 8. The van der Waals surface area contributed by atoms with Gasteiger partial charge in [-0.05, 0) is 51.0 Å². The van der Waals surface area contributed by atoms with E-state index in [1.165, 1.54) is 0 Å². The largest absolute Gasteiger partial charge is 0.489 e. The first-order valence-corrected chi connectivity index (χ1v) is 10.6. The van der Waals surface area contributed by atoms with E-state index in [1.54, 1.807) is 27.7 Å². The van der Waals surface area contributed by atoms with Gasteiger partial charge in [0.05, 0.1) is 35.7 Å². The molecule has 0 N–H and O–H groups in total. The molecule has 0 bridgehead atoms. The number of aryl methyl sites for hydroxylation is 2. The van der Waals surface area contributed by atoms with Gasteiger partial charge in [-0.1, -0.05) is 42.5 Å². The van der Waals surface area contributed by atoms with Gasteiger partial charge in [0.1, 0.15) is 12.4 Å². The van der Waals surface area contributed by atoms with Gasteiger partial charge < -0.3 is 14.2 Å². The summed E-state index contributed by atoms with van der Waals surface area (Å²) in [6.07, 6.45) is 0. The molecule has 2 aromatic carbocycles. The normalized spacial score (nSPS) is 10.5. The highest BCUT2D eigenvalue weighted by Crippen LogP contribution is 2.33. The van der Waals surface area contributed by atoms with Gasteiger partial charge in [0.15, 0.2) is 0 Å². The third-order valence-corrected chi connectivity index (χ3v) is 4.91.